The average Bonchev–Trinajstić information content (AvgIpc) is 2.75. The molecule has 12 nitrogen and oxygen atoms in total. The molecule has 0 atom stereocenters. The number of nitrogens with zero attached hydrogens (tertiary/aromatic N) is 1. The molecule has 3 aromatic carbocycles. The number of hydrogen-bond donors (Lipinski definition) is 4. The fraction of sp³-hybridized carbons (Fsp3) is 0.0526. The molecule has 0 amide bonds. The minimum atomic E-state index is -4.50. The Labute approximate surface area is 188 Å². The van der Waals surface area contributed by atoms with Crippen molar-refractivity contribution in [1.82, 2.24) is 0 Å². The van der Waals surface area contributed by atoms with Crippen LogP contribution in [0, 0.1) is 10.1 Å². The number of phenols is 2. The van der Waals surface area contributed by atoms with E-state index >= 15 is 0 Å². The van der Waals surface area contributed by atoms with Crippen LogP contribution in [-0.4, -0.2) is 39.1 Å². The molecule has 0 spiro atoms. The molecule has 14 heteroatoms. The van der Waals surface area contributed by atoms with E-state index in [4.69, 9.17) is 4.74 Å². The number of ether oxygens (including phenoxy) is 1. The highest BCUT2D eigenvalue weighted by molar-refractivity contribution is 7.93. The van der Waals surface area contributed by atoms with Crippen LogP contribution in [0.4, 0.5) is 17.1 Å². The average molecular weight is 495 g/mol. The summed E-state index contributed by atoms with van der Waals surface area (Å²) in [6.45, 7) is 0. The van der Waals surface area contributed by atoms with Gasteiger partial charge in [0.1, 0.15) is 11.5 Å². The Morgan fingerprint density at radius 1 is 0.818 bits per heavy atom. The zero-order valence-corrected chi connectivity index (χ0v) is 18.4. The molecule has 3 aromatic rings. The standard InChI is InChI=1S/C19H17N3O9S2/c1-31-19-5-3-2-4-14(19)20-32(27,28)12-6-8-17(23)15(10-12)21-33(29,30)13-7-9-18(24)16(11-13)22(25)26/h2-11,20-21,23-24H,1H3. The number of nitrogens with one attached hydrogen (secondary N) is 2. The highest BCUT2D eigenvalue weighted by Crippen LogP contribution is 2.33. The maximum absolute atomic E-state index is 12.8. The van der Waals surface area contributed by atoms with E-state index in [-0.39, 0.29) is 16.3 Å². The SMILES string of the molecule is COc1ccccc1NS(=O)(=O)c1ccc(O)c(NS(=O)(=O)c2ccc(O)c([N+](=O)[O-])c2)c1. The number of nitro groups is 1. The first kappa shape index (κ1) is 23.6. The van der Waals surface area contributed by atoms with Gasteiger partial charge in [-0.05, 0) is 42.5 Å². The number of rotatable bonds is 8. The van der Waals surface area contributed by atoms with Gasteiger partial charge in [-0.2, -0.15) is 0 Å². The van der Waals surface area contributed by atoms with Crippen molar-refractivity contribution in [3.05, 3.63) is 70.8 Å². The number of para-hydroxylation sites is 2. The lowest BCUT2D eigenvalue weighted by atomic mass is 10.3. The molecular weight excluding hydrogens is 478 g/mol. The summed E-state index contributed by atoms with van der Waals surface area (Å²) in [7, 11) is -7.37. The largest absolute Gasteiger partial charge is 0.506 e. The van der Waals surface area contributed by atoms with E-state index in [1.807, 2.05) is 4.72 Å². The molecule has 0 aliphatic carbocycles. The van der Waals surface area contributed by atoms with Crippen molar-refractivity contribution in [2.75, 3.05) is 16.6 Å². The fourth-order valence-corrected chi connectivity index (χ4v) is 4.90. The van der Waals surface area contributed by atoms with E-state index in [0.29, 0.717) is 6.07 Å². The molecule has 0 aliphatic rings. The smallest absolute Gasteiger partial charge is 0.312 e. The lowest BCUT2D eigenvalue weighted by molar-refractivity contribution is -0.386. The first-order valence-corrected chi connectivity index (χ1v) is 11.9. The van der Waals surface area contributed by atoms with E-state index in [2.05, 4.69) is 4.72 Å². The number of sulfonamides is 2. The first-order valence-electron chi connectivity index (χ1n) is 8.93. The molecule has 0 aliphatic heterocycles. The predicted octanol–water partition coefficient (Wildman–Crippen LogP) is 2.62. The Balaban J connectivity index is 1.96. The van der Waals surface area contributed by atoms with Crippen molar-refractivity contribution >= 4 is 37.1 Å². The minimum Gasteiger partial charge on any atom is -0.506 e. The van der Waals surface area contributed by atoms with Crippen molar-refractivity contribution in [3.8, 4) is 17.2 Å². The zero-order valence-electron chi connectivity index (χ0n) is 16.8. The molecule has 0 saturated carbocycles. The molecule has 0 aromatic heterocycles. The van der Waals surface area contributed by atoms with Gasteiger partial charge in [0, 0.05) is 6.07 Å². The summed E-state index contributed by atoms with van der Waals surface area (Å²) in [5.74, 6) is -1.09. The highest BCUT2D eigenvalue weighted by Gasteiger charge is 2.24. The maximum atomic E-state index is 12.8. The van der Waals surface area contributed by atoms with E-state index in [9.17, 15) is 37.2 Å². The van der Waals surface area contributed by atoms with Crippen LogP contribution in [0.15, 0.2) is 70.5 Å². The van der Waals surface area contributed by atoms with E-state index in [1.54, 1.807) is 12.1 Å². The summed E-state index contributed by atoms with van der Waals surface area (Å²) in [4.78, 5) is 9.02. The van der Waals surface area contributed by atoms with Gasteiger partial charge in [0.15, 0.2) is 5.75 Å². The van der Waals surface area contributed by atoms with Crippen LogP contribution in [0.25, 0.3) is 0 Å². The third-order valence-electron chi connectivity index (χ3n) is 4.33. The monoisotopic (exact) mass is 495 g/mol. The third kappa shape index (κ3) is 5.07. The normalized spacial score (nSPS) is 11.5. The number of hydrogen-bond acceptors (Lipinski definition) is 9. The second kappa shape index (κ2) is 8.84. The molecule has 0 radical (unpaired) electrons. The Morgan fingerprint density at radius 3 is 1.97 bits per heavy atom. The topological polar surface area (TPSA) is 185 Å². The van der Waals surface area contributed by atoms with Gasteiger partial charge in [0.25, 0.3) is 20.0 Å². The van der Waals surface area contributed by atoms with Crippen LogP contribution >= 0.6 is 0 Å². The van der Waals surface area contributed by atoms with Crippen molar-refractivity contribution in [1.29, 1.82) is 0 Å². The molecule has 0 bridgehead atoms. The quantitative estimate of drug-likeness (QED) is 0.207. The van der Waals surface area contributed by atoms with Crippen LogP contribution in [0.1, 0.15) is 0 Å². The zero-order chi connectivity index (χ0) is 24.4. The van der Waals surface area contributed by atoms with Gasteiger partial charge in [-0.1, -0.05) is 12.1 Å². The van der Waals surface area contributed by atoms with Gasteiger partial charge in [0.2, 0.25) is 0 Å². The lowest BCUT2D eigenvalue weighted by Gasteiger charge is -2.14. The summed E-state index contributed by atoms with van der Waals surface area (Å²) in [6, 6.07) is 11.5. The van der Waals surface area contributed by atoms with Crippen LogP contribution in [0.3, 0.4) is 0 Å². The van der Waals surface area contributed by atoms with E-state index in [0.717, 1.165) is 30.3 Å². The van der Waals surface area contributed by atoms with Crippen molar-refractivity contribution in [3.63, 3.8) is 0 Å². The van der Waals surface area contributed by atoms with Crippen molar-refractivity contribution in [2.45, 2.75) is 9.79 Å². The molecule has 0 fully saturated rings. The Kier molecular flexibility index (Phi) is 6.32. The number of benzene rings is 3. The second-order valence-corrected chi connectivity index (χ2v) is 9.86. The van der Waals surface area contributed by atoms with Crippen LogP contribution in [0.2, 0.25) is 0 Å². The maximum Gasteiger partial charge on any atom is 0.312 e. The highest BCUT2D eigenvalue weighted by atomic mass is 32.2. The van der Waals surface area contributed by atoms with Crippen molar-refractivity contribution in [2.24, 2.45) is 0 Å². The summed E-state index contributed by atoms with van der Waals surface area (Å²) >= 11 is 0. The van der Waals surface area contributed by atoms with Crippen LogP contribution in [0.5, 0.6) is 17.2 Å². The minimum absolute atomic E-state index is 0.131. The molecule has 174 valence electrons. The lowest BCUT2D eigenvalue weighted by Crippen LogP contribution is -2.16. The number of nitro benzene ring substituents is 1. The van der Waals surface area contributed by atoms with Crippen LogP contribution < -0.4 is 14.2 Å². The Bertz CT molecular complexity index is 1440. The Morgan fingerprint density at radius 2 is 1.36 bits per heavy atom. The summed E-state index contributed by atoms with van der Waals surface area (Å²) < 4.78 is 60.3. The van der Waals surface area contributed by atoms with Gasteiger partial charge in [-0.15, -0.1) is 0 Å². The molecule has 3 rings (SSSR count). The molecule has 4 N–H and O–H groups in total. The molecular formula is C19H17N3O9S2. The fourth-order valence-electron chi connectivity index (χ4n) is 2.72. The molecule has 0 unspecified atom stereocenters. The van der Waals surface area contributed by atoms with Crippen LogP contribution in [-0.2, 0) is 20.0 Å². The summed E-state index contributed by atoms with van der Waals surface area (Å²) in [6.07, 6.45) is 0. The van der Waals surface area contributed by atoms with Gasteiger partial charge in [-0.3, -0.25) is 19.6 Å². The van der Waals surface area contributed by atoms with E-state index < -0.39 is 52.7 Å². The second-order valence-electron chi connectivity index (χ2n) is 6.50. The number of anilines is 2. The van der Waals surface area contributed by atoms with Gasteiger partial charge < -0.3 is 14.9 Å². The van der Waals surface area contributed by atoms with Crippen molar-refractivity contribution < 1.29 is 36.7 Å². The van der Waals surface area contributed by atoms with Gasteiger partial charge >= 0.3 is 5.69 Å². The predicted molar refractivity (Wildman–Crippen MR) is 117 cm³/mol. The molecule has 33 heavy (non-hydrogen) atoms. The number of phenolic OH excluding ortho intramolecular Hbond substituents is 2. The summed E-state index contributed by atoms with van der Waals surface area (Å²) in [5.41, 5.74) is -1.21. The number of aromatic hydroxyl groups is 2. The molecule has 0 heterocycles. The number of methoxy groups -OCH3 is 1. The third-order valence-corrected chi connectivity index (χ3v) is 7.05. The molecule has 0 saturated heterocycles. The first-order chi connectivity index (χ1) is 15.4. The summed E-state index contributed by atoms with van der Waals surface area (Å²) in [5, 5.41) is 30.5. The Hall–Kier alpha value is -4.04. The van der Waals surface area contributed by atoms with Gasteiger partial charge in [-0.25, -0.2) is 16.8 Å². The van der Waals surface area contributed by atoms with E-state index in [1.165, 1.54) is 19.2 Å². The van der Waals surface area contributed by atoms with Gasteiger partial charge in [0.05, 0.1) is 33.2 Å².